The van der Waals surface area contributed by atoms with Crippen molar-refractivity contribution in [3.8, 4) is 0 Å². The number of benzene rings is 3. The fraction of sp³-hybridized carbons (Fsp3) is 0.240. The molecule has 3 aromatic carbocycles. The molecule has 3 aromatic rings. The second-order valence-corrected chi connectivity index (χ2v) is 9.96. The number of nitrogens with zero attached hydrogens (tertiary/aromatic N) is 2. The minimum absolute atomic E-state index is 0.0826. The Labute approximate surface area is 193 Å². The van der Waals surface area contributed by atoms with Crippen LogP contribution in [0, 0.1) is 5.82 Å². The standard InChI is InChI=1S/C25H26FN3O3S/c26-22-11-13-23(14-12-22)29(33(31,32)24-9-5-2-6-10-24)20-25(30)28-17-15-27(16-18-28)19-21-7-3-1-4-8-21/h1-14H,15-20H2/p+1. The third kappa shape index (κ3) is 5.58. The van der Waals surface area contributed by atoms with Crippen molar-refractivity contribution >= 4 is 21.6 Å². The van der Waals surface area contributed by atoms with E-state index in [0.717, 1.165) is 23.9 Å². The highest BCUT2D eigenvalue weighted by atomic mass is 32.2. The van der Waals surface area contributed by atoms with E-state index in [1.807, 2.05) is 18.2 Å². The van der Waals surface area contributed by atoms with Crippen LogP contribution < -0.4 is 9.21 Å². The zero-order valence-corrected chi connectivity index (χ0v) is 19.0. The van der Waals surface area contributed by atoms with Crippen LogP contribution in [0.25, 0.3) is 0 Å². The smallest absolute Gasteiger partial charge is 0.264 e. The molecule has 0 radical (unpaired) electrons. The first-order valence-electron chi connectivity index (χ1n) is 10.9. The molecule has 33 heavy (non-hydrogen) atoms. The third-order valence-electron chi connectivity index (χ3n) is 5.84. The quantitative estimate of drug-likeness (QED) is 0.577. The van der Waals surface area contributed by atoms with Crippen molar-refractivity contribution in [2.75, 3.05) is 37.0 Å². The molecule has 1 fully saturated rings. The fourth-order valence-corrected chi connectivity index (χ4v) is 5.43. The number of piperazine rings is 1. The van der Waals surface area contributed by atoms with E-state index >= 15 is 0 Å². The van der Waals surface area contributed by atoms with Gasteiger partial charge in [-0.3, -0.25) is 9.10 Å². The van der Waals surface area contributed by atoms with Crippen molar-refractivity contribution in [2.24, 2.45) is 0 Å². The van der Waals surface area contributed by atoms with E-state index in [2.05, 4.69) is 12.1 Å². The molecule has 1 saturated heterocycles. The van der Waals surface area contributed by atoms with Gasteiger partial charge in [0.1, 0.15) is 18.9 Å². The molecule has 4 rings (SSSR count). The molecule has 8 heteroatoms. The van der Waals surface area contributed by atoms with Crippen molar-refractivity contribution < 1.29 is 22.5 Å². The Hall–Kier alpha value is -3.23. The molecule has 1 aliphatic heterocycles. The number of sulfonamides is 1. The number of halogens is 1. The van der Waals surface area contributed by atoms with E-state index in [9.17, 15) is 17.6 Å². The average molecular weight is 469 g/mol. The molecule has 0 saturated carbocycles. The van der Waals surface area contributed by atoms with Crippen LogP contribution in [-0.4, -0.2) is 51.9 Å². The Balaban J connectivity index is 1.47. The van der Waals surface area contributed by atoms with Gasteiger partial charge in [-0.2, -0.15) is 0 Å². The summed E-state index contributed by atoms with van der Waals surface area (Å²) in [5, 5.41) is 0. The predicted octanol–water partition coefficient (Wildman–Crippen LogP) is 1.95. The molecule has 1 amide bonds. The van der Waals surface area contributed by atoms with Crippen LogP contribution in [0.1, 0.15) is 5.56 Å². The largest absolute Gasteiger partial charge is 0.330 e. The van der Waals surface area contributed by atoms with Crippen LogP contribution in [0.4, 0.5) is 10.1 Å². The Morgan fingerprint density at radius 3 is 2.06 bits per heavy atom. The van der Waals surface area contributed by atoms with Crippen LogP contribution in [0.5, 0.6) is 0 Å². The lowest BCUT2D eigenvalue weighted by Crippen LogP contribution is -3.13. The van der Waals surface area contributed by atoms with E-state index in [4.69, 9.17) is 0 Å². The van der Waals surface area contributed by atoms with Crippen LogP contribution in [0.15, 0.2) is 89.8 Å². The van der Waals surface area contributed by atoms with Gasteiger partial charge in [0.15, 0.2) is 0 Å². The molecule has 0 aliphatic carbocycles. The maximum atomic E-state index is 13.5. The van der Waals surface area contributed by atoms with Gasteiger partial charge in [0.2, 0.25) is 5.91 Å². The predicted molar refractivity (Wildman–Crippen MR) is 125 cm³/mol. The van der Waals surface area contributed by atoms with Gasteiger partial charge in [0.25, 0.3) is 10.0 Å². The summed E-state index contributed by atoms with van der Waals surface area (Å²) in [6, 6.07) is 23.3. The normalized spacial score (nSPS) is 14.8. The van der Waals surface area contributed by atoms with Crippen LogP contribution in [-0.2, 0) is 21.4 Å². The molecule has 172 valence electrons. The lowest BCUT2D eigenvalue weighted by molar-refractivity contribution is -0.917. The molecule has 1 N–H and O–H groups in total. The zero-order valence-electron chi connectivity index (χ0n) is 18.2. The topological polar surface area (TPSA) is 62.1 Å². The zero-order chi connectivity index (χ0) is 23.3. The second-order valence-electron chi connectivity index (χ2n) is 8.09. The second kappa shape index (κ2) is 10.1. The minimum atomic E-state index is -3.99. The lowest BCUT2D eigenvalue weighted by atomic mass is 10.2. The summed E-state index contributed by atoms with van der Waals surface area (Å²) in [6.07, 6.45) is 0. The van der Waals surface area contributed by atoms with Crippen molar-refractivity contribution in [1.82, 2.24) is 4.90 Å². The minimum Gasteiger partial charge on any atom is -0.330 e. The first-order chi connectivity index (χ1) is 15.9. The summed E-state index contributed by atoms with van der Waals surface area (Å²) in [7, 11) is -3.99. The molecule has 0 spiro atoms. The summed E-state index contributed by atoms with van der Waals surface area (Å²) in [6.45, 7) is 3.27. The van der Waals surface area contributed by atoms with Crippen molar-refractivity contribution in [3.05, 3.63) is 96.3 Å². The van der Waals surface area contributed by atoms with Crippen LogP contribution in [0.2, 0.25) is 0 Å². The van der Waals surface area contributed by atoms with E-state index < -0.39 is 15.8 Å². The Bertz CT molecular complexity index is 1160. The number of rotatable bonds is 7. The molecule has 6 nitrogen and oxygen atoms in total. The van der Waals surface area contributed by atoms with Crippen molar-refractivity contribution in [3.63, 3.8) is 0 Å². The Kier molecular flexibility index (Phi) is 7.05. The highest BCUT2D eigenvalue weighted by molar-refractivity contribution is 7.92. The van der Waals surface area contributed by atoms with E-state index in [0.29, 0.717) is 13.1 Å². The summed E-state index contributed by atoms with van der Waals surface area (Å²) in [5.74, 6) is -0.739. The molecule has 1 aliphatic rings. The maximum Gasteiger partial charge on any atom is 0.264 e. The maximum absolute atomic E-state index is 13.5. The molecule has 0 unspecified atom stereocenters. The summed E-state index contributed by atoms with van der Waals surface area (Å²) >= 11 is 0. The molecule has 0 bridgehead atoms. The molecule has 0 atom stereocenters. The first kappa shape index (κ1) is 22.9. The van der Waals surface area contributed by atoms with E-state index in [1.54, 1.807) is 23.1 Å². The monoisotopic (exact) mass is 468 g/mol. The Morgan fingerprint density at radius 2 is 1.45 bits per heavy atom. The fourth-order valence-electron chi connectivity index (χ4n) is 4.00. The lowest BCUT2D eigenvalue weighted by Gasteiger charge is -2.34. The molecular formula is C25H27FN3O3S+. The van der Waals surface area contributed by atoms with Gasteiger partial charge >= 0.3 is 0 Å². The highest BCUT2D eigenvalue weighted by Gasteiger charge is 2.31. The van der Waals surface area contributed by atoms with Gasteiger partial charge in [-0.05, 0) is 36.4 Å². The van der Waals surface area contributed by atoms with Crippen LogP contribution in [0.3, 0.4) is 0 Å². The van der Waals surface area contributed by atoms with Gasteiger partial charge in [0, 0.05) is 5.56 Å². The molecule has 0 aromatic heterocycles. The first-order valence-corrected chi connectivity index (χ1v) is 12.4. The van der Waals surface area contributed by atoms with Gasteiger partial charge in [-0.15, -0.1) is 0 Å². The van der Waals surface area contributed by atoms with Gasteiger partial charge in [-0.1, -0.05) is 48.5 Å². The van der Waals surface area contributed by atoms with E-state index in [-0.39, 0.29) is 23.0 Å². The van der Waals surface area contributed by atoms with Gasteiger partial charge in [-0.25, -0.2) is 12.8 Å². The summed E-state index contributed by atoms with van der Waals surface area (Å²) in [4.78, 5) is 16.3. The average Bonchev–Trinajstić information content (AvgIpc) is 2.85. The molecule has 1 heterocycles. The van der Waals surface area contributed by atoms with E-state index in [1.165, 1.54) is 46.9 Å². The third-order valence-corrected chi connectivity index (χ3v) is 7.63. The van der Waals surface area contributed by atoms with Gasteiger partial charge < -0.3 is 9.80 Å². The van der Waals surface area contributed by atoms with Gasteiger partial charge in [0.05, 0.1) is 36.8 Å². The number of anilines is 1. The number of carbonyl (C=O) groups excluding carboxylic acids is 1. The number of quaternary nitrogens is 1. The Morgan fingerprint density at radius 1 is 0.879 bits per heavy atom. The summed E-state index contributed by atoms with van der Waals surface area (Å²) < 4.78 is 41.2. The number of hydrogen-bond donors (Lipinski definition) is 1. The summed E-state index contributed by atoms with van der Waals surface area (Å²) in [5.41, 5.74) is 1.51. The van der Waals surface area contributed by atoms with Crippen LogP contribution >= 0.6 is 0 Å². The van der Waals surface area contributed by atoms with Crippen molar-refractivity contribution in [2.45, 2.75) is 11.4 Å². The number of nitrogens with one attached hydrogen (secondary N) is 1. The van der Waals surface area contributed by atoms with Crippen molar-refractivity contribution in [1.29, 1.82) is 0 Å². The number of hydrogen-bond acceptors (Lipinski definition) is 3. The number of carbonyl (C=O) groups is 1. The SMILES string of the molecule is O=C(CN(c1ccc(F)cc1)S(=O)(=O)c1ccccc1)N1CC[NH+](Cc2ccccc2)CC1. The molecular weight excluding hydrogens is 441 g/mol. The highest BCUT2D eigenvalue weighted by Crippen LogP contribution is 2.24. The number of amides is 1.